The van der Waals surface area contributed by atoms with Crippen LogP contribution in [0.5, 0.6) is 0 Å². The quantitative estimate of drug-likeness (QED) is 0.831. The van der Waals surface area contributed by atoms with Crippen molar-refractivity contribution < 1.29 is 4.74 Å². The smallest absolute Gasteiger partial charge is 0.0949 e. The standard InChI is InChI=1S/C14H20BrNO/c1-16-10-14(17-8-7-11-5-6-11)12-3-2-4-13(15)9-12/h2-4,9,11,14,16H,5-8,10H2,1H3. The van der Waals surface area contributed by atoms with E-state index in [9.17, 15) is 0 Å². The second-order valence-corrected chi connectivity index (χ2v) is 5.62. The third-order valence-corrected chi connectivity index (χ3v) is 3.65. The summed E-state index contributed by atoms with van der Waals surface area (Å²) in [5.74, 6) is 0.938. The summed E-state index contributed by atoms with van der Waals surface area (Å²) in [7, 11) is 1.97. The van der Waals surface area contributed by atoms with E-state index in [0.29, 0.717) is 0 Å². The third-order valence-electron chi connectivity index (χ3n) is 3.15. The van der Waals surface area contributed by atoms with Gasteiger partial charge in [0.05, 0.1) is 6.10 Å². The number of nitrogens with one attached hydrogen (secondary N) is 1. The molecule has 1 N–H and O–H groups in total. The van der Waals surface area contributed by atoms with Crippen LogP contribution in [0.2, 0.25) is 0 Å². The van der Waals surface area contributed by atoms with Gasteiger partial charge in [-0.3, -0.25) is 0 Å². The molecule has 1 atom stereocenters. The molecule has 1 aromatic carbocycles. The molecule has 2 rings (SSSR count). The van der Waals surface area contributed by atoms with Crippen molar-refractivity contribution in [3.63, 3.8) is 0 Å². The summed E-state index contributed by atoms with van der Waals surface area (Å²) in [6.07, 6.45) is 4.18. The minimum atomic E-state index is 0.163. The molecular weight excluding hydrogens is 278 g/mol. The second-order valence-electron chi connectivity index (χ2n) is 4.70. The number of hydrogen-bond donors (Lipinski definition) is 1. The predicted molar refractivity (Wildman–Crippen MR) is 74.1 cm³/mol. The number of rotatable bonds is 7. The number of hydrogen-bond acceptors (Lipinski definition) is 2. The van der Waals surface area contributed by atoms with Crippen LogP contribution in [-0.4, -0.2) is 20.2 Å². The number of halogens is 1. The number of benzene rings is 1. The highest BCUT2D eigenvalue weighted by atomic mass is 79.9. The van der Waals surface area contributed by atoms with Crippen molar-refractivity contribution >= 4 is 15.9 Å². The molecule has 1 fully saturated rings. The topological polar surface area (TPSA) is 21.3 Å². The molecule has 0 aromatic heterocycles. The van der Waals surface area contributed by atoms with E-state index < -0.39 is 0 Å². The van der Waals surface area contributed by atoms with Crippen LogP contribution in [-0.2, 0) is 4.74 Å². The Morgan fingerprint density at radius 3 is 2.94 bits per heavy atom. The van der Waals surface area contributed by atoms with E-state index in [2.05, 4.69) is 39.4 Å². The molecule has 94 valence electrons. The van der Waals surface area contributed by atoms with E-state index in [4.69, 9.17) is 4.74 Å². The van der Waals surface area contributed by atoms with Crippen LogP contribution >= 0.6 is 15.9 Å². The number of ether oxygens (including phenoxy) is 1. The molecule has 2 nitrogen and oxygen atoms in total. The lowest BCUT2D eigenvalue weighted by Gasteiger charge is -2.18. The van der Waals surface area contributed by atoms with Crippen molar-refractivity contribution in [3.05, 3.63) is 34.3 Å². The first-order valence-corrected chi connectivity index (χ1v) is 7.10. The van der Waals surface area contributed by atoms with Gasteiger partial charge in [0.25, 0.3) is 0 Å². The molecule has 0 saturated heterocycles. The zero-order valence-corrected chi connectivity index (χ0v) is 11.9. The molecular formula is C14H20BrNO. The van der Waals surface area contributed by atoms with E-state index in [1.807, 2.05) is 13.1 Å². The Morgan fingerprint density at radius 1 is 1.47 bits per heavy atom. The van der Waals surface area contributed by atoms with Crippen molar-refractivity contribution in [1.29, 1.82) is 0 Å². The Kier molecular flexibility index (Phi) is 5.01. The molecule has 0 radical (unpaired) electrons. The maximum atomic E-state index is 5.99. The maximum absolute atomic E-state index is 5.99. The Bertz CT molecular complexity index is 352. The van der Waals surface area contributed by atoms with Crippen LogP contribution in [0, 0.1) is 5.92 Å². The van der Waals surface area contributed by atoms with Crippen LogP contribution in [0.3, 0.4) is 0 Å². The lowest BCUT2D eigenvalue weighted by Crippen LogP contribution is -2.20. The van der Waals surface area contributed by atoms with Gasteiger partial charge < -0.3 is 10.1 Å². The largest absolute Gasteiger partial charge is 0.372 e. The Labute approximate surface area is 112 Å². The SMILES string of the molecule is CNCC(OCCC1CC1)c1cccc(Br)c1. The summed E-state index contributed by atoms with van der Waals surface area (Å²) in [5, 5.41) is 3.20. The van der Waals surface area contributed by atoms with E-state index in [1.54, 1.807) is 0 Å². The van der Waals surface area contributed by atoms with Gasteiger partial charge in [-0.05, 0) is 37.1 Å². The normalized spacial score (nSPS) is 17.1. The monoisotopic (exact) mass is 297 g/mol. The van der Waals surface area contributed by atoms with Gasteiger partial charge in [-0.2, -0.15) is 0 Å². The van der Waals surface area contributed by atoms with Gasteiger partial charge in [-0.15, -0.1) is 0 Å². The zero-order chi connectivity index (χ0) is 12.1. The van der Waals surface area contributed by atoms with Crippen molar-refractivity contribution in [3.8, 4) is 0 Å². The van der Waals surface area contributed by atoms with Crippen molar-refractivity contribution in [1.82, 2.24) is 5.32 Å². The number of likely N-dealkylation sites (N-methyl/N-ethyl adjacent to an activating group) is 1. The zero-order valence-electron chi connectivity index (χ0n) is 10.3. The molecule has 1 aliphatic rings. The minimum Gasteiger partial charge on any atom is -0.372 e. The Morgan fingerprint density at radius 2 is 2.29 bits per heavy atom. The lowest BCUT2D eigenvalue weighted by molar-refractivity contribution is 0.0498. The fourth-order valence-corrected chi connectivity index (χ4v) is 2.37. The van der Waals surface area contributed by atoms with Gasteiger partial charge >= 0.3 is 0 Å². The lowest BCUT2D eigenvalue weighted by atomic mass is 10.1. The van der Waals surface area contributed by atoms with Crippen LogP contribution in [0.25, 0.3) is 0 Å². The highest BCUT2D eigenvalue weighted by Gasteiger charge is 2.21. The molecule has 0 aliphatic heterocycles. The summed E-state index contributed by atoms with van der Waals surface area (Å²) in [5.41, 5.74) is 1.24. The van der Waals surface area contributed by atoms with Crippen molar-refractivity contribution in [2.24, 2.45) is 5.92 Å². The average Bonchev–Trinajstić information content (AvgIpc) is 3.12. The Balaban J connectivity index is 1.89. The molecule has 0 amide bonds. The molecule has 0 spiro atoms. The molecule has 1 unspecified atom stereocenters. The molecule has 1 aromatic rings. The first-order chi connectivity index (χ1) is 8.29. The maximum Gasteiger partial charge on any atom is 0.0949 e. The fourth-order valence-electron chi connectivity index (χ4n) is 1.95. The van der Waals surface area contributed by atoms with Crippen molar-refractivity contribution in [2.45, 2.75) is 25.4 Å². The van der Waals surface area contributed by atoms with E-state index in [0.717, 1.165) is 23.5 Å². The van der Waals surface area contributed by atoms with Crippen LogP contribution in [0.1, 0.15) is 30.9 Å². The average molecular weight is 298 g/mol. The third kappa shape index (κ3) is 4.41. The first kappa shape index (κ1) is 13.1. The van der Waals surface area contributed by atoms with Gasteiger partial charge in [0.1, 0.15) is 0 Å². The summed E-state index contributed by atoms with van der Waals surface area (Å²) in [4.78, 5) is 0. The molecule has 0 bridgehead atoms. The van der Waals surface area contributed by atoms with Gasteiger partial charge in [-0.25, -0.2) is 0 Å². The van der Waals surface area contributed by atoms with Gasteiger partial charge in [0.2, 0.25) is 0 Å². The molecule has 1 saturated carbocycles. The summed E-state index contributed by atoms with van der Waals surface area (Å²) in [6, 6.07) is 8.37. The predicted octanol–water partition coefficient (Wildman–Crippen LogP) is 3.53. The van der Waals surface area contributed by atoms with Crippen LogP contribution in [0.15, 0.2) is 28.7 Å². The summed E-state index contributed by atoms with van der Waals surface area (Å²) in [6.45, 7) is 1.74. The fraction of sp³-hybridized carbons (Fsp3) is 0.571. The van der Waals surface area contributed by atoms with Crippen molar-refractivity contribution in [2.75, 3.05) is 20.2 Å². The molecule has 17 heavy (non-hydrogen) atoms. The first-order valence-electron chi connectivity index (χ1n) is 6.31. The summed E-state index contributed by atoms with van der Waals surface area (Å²) >= 11 is 3.51. The highest BCUT2D eigenvalue weighted by Crippen LogP contribution is 2.32. The van der Waals surface area contributed by atoms with Gasteiger partial charge in [0, 0.05) is 17.6 Å². The second kappa shape index (κ2) is 6.53. The van der Waals surface area contributed by atoms with Crippen LogP contribution in [0.4, 0.5) is 0 Å². The van der Waals surface area contributed by atoms with Gasteiger partial charge in [0.15, 0.2) is 0 Å². The van der Waals surface area contributed by atoms with E-state index >= 15 is 0 Å². The van der Waals surface area contributed by atoms with E-state index in [-0.39, 0.29) is 6.10 Å². The molecule has 1 aliphatic carbocycles. The Hall–Kier alpha value is -0.380. The van der Waals surface area contributed by atoms with Gasteiger partial charge in [-0.1, -0.05) is 40.9 Å². The minimum absolute atomic E-state index is 0.163. The summed E-state index contributed by atoms with van der Waals surface area (Å²) < 4.78 is 7.10. The highest BCUT2D eigenvalue weighted by molar-refractivity contribution is 9.10. The van der Waals surface area contributed by atoms with Crippen LogP contribution < -0.4 is 5.32 Å². The molecule has 0 heterocycles. The molecule has 3 heteroatoms. The van der Waals surface area contributed by atoms with E-state index in [1.165, 1.54) is 24.8 Å².